The van der Waals surface area contributed by atoms with E-state index in [2.05, 4.69) is 25.6 Å². The second kappa shape index (κ2) is 8.08. The molecule has 0 aliphatic carbocycles. The van der Waals surface area contributed by atoms with Crippen molar-refractivity contribution in [2.24, 2.45) is 0 Å². The lowest BCUT2D eigenvalue weighted by molar-refractivity contribution is -0.142. The second-order valence-corrected chi connectivity index (χ2v) is 5.47. The van der Waals surface area contributed by atoms with Crippen LogP contribution in [0.4, 0.5) is 5.82 Å². The van der Waals surface area contributed by atoms with Gasteiger partial charge >= 0.3 is 11.7 Å². The van der Waals surface area contributed by atoms with Gasteiger partial charge in [0.05, 0.1) is 5.52 Å². The Morgan fingerprint density at radius 1 is 1.20 bits per heavy atom. The smallest absolute Gasteiger partial charge is 0.326 e. The number of carboxylic acids is 1. The molecule has 0 aromatic carbocycles. The molecule has 134 valence electrons. The summed E-state index contributed by atoms with van der Waals surface area (Å²) in [5, 5.41) is 13.9. The van der Waals surface area contributed by atoms with E-state index >= 15 is 0 Å². The maximum atomic E-state index is 11.9. The monoisotopic (exact) mass is 349 g/mol. The topological polar surface area (TPSA) is 157 Å². The third kappa shape index (κ3) is 5.16. The van der Waals surface area contributed by atoms with Crippen LogP contribution in [0, 0.1) is 0 Å². The Morgan fingerprint density at radius 3 is 2.60 bits per heavy atom. The van der Waals surface area contributed by atoms with Crippen molar-refractivity contribution >= 4 is 34.8 Å². The van der Waals surface area contributed by atoms with E-state index in [4.69, 9.17) is 5.11 Å². The zero-order valence-electron chi connectivity index (χ0n) is 13.6. The number of amides is 2. The quantitative estimate of drug-likeness (QED) is 0.462. The first-order chi connectivity index (χ1) is 11.9. The SMILES string of the molecule is CCCC(NC(=O)CCC(=O)Nc1ccc2[nH]c(=O)[nH]c2n1)C(=O)O. The number of nitrogens with one attached hydrogen (secondary N) is 4. The molecule has 0 bridgehead atoms. The number of pyridine rings is 1. The molecule has 25 heavy (non-hydrogen) atoms. The van der Waals surface area contributed by atoms with Crippen LogP contribution >= 0.6 is 0 Å². The third-order valence-corrected chi connectivity index (χ3v) is 3.43. The molecule has 5 N–H and O–H groups in total. The summed E-state index contributed by atoms with van der Waals surface area (Å²) in [5.41, 5.74) is 0.421. The number of aliphatic carboxylic acids is 1. The van der Waals surface area contributed by atoms with Gasteiger partial charge in [-0.25, -0.2) is 14.6 Å². The van der Waals surface area contributed by atoms with Crippen LogP contribution in [0.3, 0.4) is 0 Å². The normalized spacial score (nSPS) is 11.9. The molecule has 10 nitrogen and oxygen atoms in total. The van der Waals surface area contributed by atoms with Crippen molar-refractivity contribution in [1.29, 1.82) is 0 Å². The van der Waals surface area contributed by atoms with Crippen LogP contribution in [0.2, 0.25) is 0 Å². The van der Waals surface area contributed by atoms with Crippen molar-refractivity contribution in [3.05, 3.63) is 22.6 Å². The van der Waals surface area contributed by atoms with Crippen molar-refractivity contribution < 1.29 is 19.5 Å². The number of imidazole rings is 1. The van der Waals surface area contributed by atoms with E-state index in [9.17, 15) is 19.2 Å². The van der Waals surface area contributed by atoms with Gasteiger partial charge in [0.1, 0.15) is 11.9 Å². The van der Waals surface area contributed by atoms with Gasteiger partial charge < -0.3 is 20.7 Å². The fraction of sp³-hybridized carbons (Fsp3) is 0.400. The molecule has 0 spiro atoms. The van der Waals surface area contributed by atoms with E-state index in [1.165, 1.54) is 6.07 Å². The number of anilines is 1. The molecule has 0 aliphatic rings. The Morgan fingerprint density at radius 2 is 1.92 bits per heavy atom. The number of carbonyl (C=O) groups is 3. The number of rotatable bonds is 8. The number of fused-ring (bicyclic) bond motifs is 1. The van der Waals surface area contributed by atoms with Gasteiger partial charge in [-0.1, -0.05) is 13.3 Å². The largest absolute Gasteiger partial charge is 0.480 e. The van der Waals surface area contributed by atoms with Crippen LogP contribution in [0.15, 0.2) is 16.9 Å². The minimum absolute atomic E-state index is 0.117. The number of carbonyl (C=O) groups excluding carboxylic acids is 2. The molecule has 0 saturated carbocycles. The third-order valence-electron chi connectivity index (χ3n) is 3.43. The van der Waals surface area contributed by atoms with Crippen molar-refractivity contribution in [1.82, 2.24) is 20.3 Å². The highest BCUT2D eigenvalue weighted by Gasteiger charge is 2.19. The highest BCUT2D eigenvalue weighted by Crippen LogP contribution is 2.10. The molecule has 1 unspecified atom stereocenters. The Kier molecular flexibility index (Phi) is 5.88. The van der Waals surface area contributed by atoms with Gasteiger partial charge in [-0.3, -0.25) is 14.6 Å². The number of carboxylic acid groups (broad SMARTS) is 1. The fourth-order valence-corrected chi connectivity index (χ4v) is 2.23. The van der Waals surface area contributed by atoms with E-state index < -0.39 is 29.5 Å². The summed E-state index contributed by atoms with van der Waals surface area (Å²) in [7, 11) is 0. The maximum Gasteiger partial charge on any atom is 0.326 e. The molecule has 1 atom stereocenters. The van der Waals surface area contributed by atoms with Crippen LogP contribution in [0.25, 0.3) is 11.2 Å². The Balaban J connectivity index is 1.85. The van der Waals surface area contributed by atoms with Crippen molar-refractivity contribution in [3.63, 3.8) is 0 Å². The minimum atomic E-state index is -1.10. The summed E-state index contributed by atoms with van der Waals surface area (Å²) < 4.78 is 0. The summed E-state index contributed by atoms with van der Waals surface area (Å²) in [6.07, 6.45) is 0.690. The molecule has 0 saturated heterocycles. The molecule has 0 fully saturated rings. The predicted octanol–water partition coefficient (Wildman–Crippen LogP) is 0.339. The first-order valence-electron chi connectivity index (χ1n) is 7.80. The summed E-state index contributed by atoms with van der Waals surface area (Å²) in [5.74, 6) is -1.81. The Bertz CT molecular complexity index is 840. The summed E-state index contributed by atoms with van der Waals surface area (Å²) in [6.45, 7) is 1.82. The van der Waals surface area contributed by atoms with Gasteiger partial charge in [0.25, 0.3) is 0 Å². The standard InChI is InChI=1S/C15H19N5O5/c1-2-3-9(14(23)24)16-11(21)6-7-12(22)18-10-5-4-8-13(19-10)20-15(25)17-8/h4-5,9H,2-3,6-7H2,1H3,(H,16,21)(H,23,24)(H3,17,18,19,20,22,25). The zero-order valence-corrected chi connectivity index (χ0v) is 13.6. The zero-order chi connectivity index (χ0) is 18.4. The summed E-state index contributed by atoms with van der Waals surface area (Å²) in [6, 6.07) is 2.16. The number of H-pyrrole nitrogens is 2. The van der Waals surface area contributed by atoms with E-state index in [1.54, 1.807) is 6.07 Å². The number of nitrogens with zero attached hydrogens (tertiary/aromatic N) is 1. The lowest BCUT2D eigenvalue weighted by Gasteiger charge is -2.13. The average molecular weight is 349 g/mol. The second-order valence-electron chi connectivity index (χ2n) is 5.47. The molecule has 2 amide bonds. The summed E-state index contributed by atoms with van der Waals surface area (Å²) in [4.78, 5) is 54.8. The highest BCUT2D eigenvalue weighted by atomic mass is 16.4. The molecule has 0 radical (unpaired) electrons. The van der Waals surface area contributed by atoms with Gasteiger partial charge in [-0.05, 0) is 18.6 Å². The van der Waals surface area contributed by atoms with Crippen molar-refractivity contribution in [2.75, 3.05) is 5.32 Å². The Labute approximate surface area is 142 Å². The van der Waals surface area contributed by atoms with E-state index in [0.717, 1.165) is 0 Å². The van der Waals surface area contributed by atoms with Crippen LogP contribution in [0.5, 0.6) is 0 Å². The van der Waals surface area contributed by atoms with Gasteiger partial charge in [0.2, 0.25) is 11.8 Å². The van der Waals surface area contributed by atoms with Crippen LogP contribution < -0.4 is 16.3 Å². The van der Waals surface area contributed by atoms with Gasteiger partial charge in [-0.2, -0.15) is 0 Å². The van der Waals surface area contributed by atoms with Crippen molar-refractivity contribution in [3.8, 4) is 0 Å². The molecule has 10 heteroatoms. The molecule has 2 rings (SSSR count). The lowest BCUT2D eigenvalue weighted by atomic mass is 10.1. The molecular weight excluding hydrogens is 330 g/mol. The van der Waals surface area contributed by atoms with Crippen LogP contribution in [-0.4, -0.2) is 43.9 Å². The molecule has 2 heterocycles. The summed E-state index contributed by atoms with van der Waals surface area (Å²) >= 11 is 0. The average Bonchev–Trinajstić information content (AvgIpc) is 2.91. The highest BCUT2D eigenvalue weighted by molar-refractivity contribution is 5.93. The molecule has 2 aromatic heterocycles. The van der Waals surface area contributed by atoms with Crippen molar-refractivity contribution in [2.45, 2.75) is 38.6 Å². The number of hydrogen-bond acceptors (Lipinski definition) is 5. The number of aromatic amines is 2. The first kappa shape index (κ1) is 18.2. The fourth-order valence-electron chi connectivity index (χ4n) is 2.23. The number of aromatic nitrogens is 3. The van der Waals surface area contributed by atoms with Gasteiger partial charge in [0.15, 0.2) is 5.65 Å². The Hall–Kier alpha value is -3.17. The van der Waals surface area contributed by atoms with E-state index in [1.807, 2.05) is 6.92 Å². The maximum absolute atomic E-state index is 11.9. The molecule has 0 aliphatic heterocycles. The van der Waals surface area contributed by atoms with E-state index in [0.29, 0.717) is 24.0 Å². The van der Waals surface area contributed by atoms with E-state index in [-0.39, 0.29) is 18.7 Å². The predicted molar refractivity (Wildman–Crippen MR) is 89.1 cm³/mol. The molecular formula is C15H19N5O5. The van der Waals surface area contributed by atoms with Crippen LogP contribution in [-0.2, 0) is 14.4 Å². The first-order valence-corrected chi connectivity index (χ1v) is 7.80. The minimum Gasteiger partial charge on any atom is -0.480 e. The van der Waals surface area contributed by atoms with Gasteiger partial charge in [-0.15, -0.1) is 0 Å². The lowest BCUT2D eigenvalue weighted by Crippen LogP contribution is -2.40. The van der Waals surface area contributed by atoms with Gasteiger partial charge in [0, 0.05) is 12.8 Å². The van der Waals surface area contributed by atoms with Crippen LogP contribution in [0.1, 0.15) is 32.6 Å². The molecule has 2 aromatic rings. The number of hydrogen-bond donors (Lipinski definition) is 5.